The zero-order valence-corrected chi connectivity index (χ0v) is 22.3. The second kappa shape index (κ2) is 11.0. The summed E-state index contributed by atoms with van der Waals surface area (Å²) in [7, 11) is 0. The quantitative estimate of drug-likeness (QED) is 0.206. The Balaban J connectivity index is 2.11. The summed E-state index contributed by atoms with van der Waals surface area (Å²) >= 11 is 7.09. The van der Waals surface area contributed by atoms with Crippen LogP contribution in [-0.2, 0) is 11.3 Å². The van der Waals surface area contributed by atoms with Crippen molar-refractivity contribution in [1.29, 1.82) is 0 Å². The zero-order valence-electron chi connectivity index (χ0n) is 19.1. The number of carbonyl (C=O) groups is 1. The molecule has 0 spiro atoms. The van der Waals surface area contributed by atoms with E-state index in [1.165, 1.54) is 0 Å². The number of rotatable bonds is 7. The van der Waals surface area contributed by atoms with Gasteiger partial charge in [0.2, 0.25) is 0 Å². The number of allylic oxidation sites excluding steroid dienone is 1. The van der Waals surface area contributed by atoms with E-state index in [2.05, 4.69) is 60.7 Å². The molecular formula is C29H25Br2NO2. The molecule has 0 saturated heterocycles. The van der Waals surface area contributed by atoms with Crippen LogP contribution in [0.25, 0.3) is 28.5 Å². The van der Waals surface area contributed by atoms with E-state index in [1.807, 2.05) is 80.6 Å². The van der Waals surface area contributed by atoms with Crippen molar-refractivity contribution in [2.24, 2.45) is 0 Å². The molecule has 0 aliphatic carbocycles. The highest BCUT2D eigenvalue weighted by atomic mass is 79.9. The van der Waals surface area contributed by atoms with Gasteiger partial charge in [-0.1, -0.05) is 92.5 Å². The van der Waals surface area contributed by atoms with Crippen molar-refractivity contribution >= 4 is 43.9 Å². The average molecular weight is 579 g/mol. The van der Waals surface area contributed by atoms with Crippen LogP contribution in [-0.4, -0.2) is 17.1 Å². The molecule has 0 atom stereocenters. The number of benzene rings is 3. The average Bonchev–Trinajstić information content (AvgIpc) is 3.15. The summed E-state index contributed by atoms with van der Waals surface area (Å²) in [4.78, 5) is 13.4. The van der Waals surface area contributed by atoms with E-state index in [4.69, 9.17) is 4.74 Å². The number of hydrogen-bond acceptors (Lipinski definition) is 2. The maximum absolute atomic E-state index is 13.4. The zero-order chi connectivity index (χ0) is 24.1. The Morgan fingerprint density at radius 2 is 1.47 bits per heavy atom. The lowest BCUT2D eigenvalue weighted by Gasteiger charge is -2.14. The van der Waals surface area contributed by atoms with Gasteiger partial charge in [0.25, 0.3) is 0 Å². The van der Waals surface area contributed by atoms with Gasteiger partial charge in [-0.2, -0.15) is 0 Å². The van der Waals surface area contributed by atoms with Gasteiger partial charge in [0.05, 0.1) is 23.6 Å². The summed E-state index contributed by atoms with van der Waals surface area (Å²) in [6.07, 6.45) is 3.97. The molecule has 0 fully saturated rings. The number of halogens is 2. The predicted molar refractivity (Wildman–Crippen MR) is 147 cm³/mol. The van der Waals surface area contributed by atoms with Crippen LogP contribution in [0.3, 0.4) is 0 Å². The second-order valence-corrected chi connectivity index (χ2v) is 9.62. The van der Waals surface area contributed by atoms with Crippen LogP contribution in [0.5, 0.6) is 0 Å². The van der Waals surface area contributed by atoms with Crippen molar-refractivity contribution in [3.63, 3.8) is 0 Å². The predicted octanol–water partition coefficient (Wildman–Crippen LogP) is 8.61. The van der Waals surface area contributed by atoms with Gasteiger partial charge in [-0.05, 0) is 60.9 Å². The molecule has 0 unspecified atom stereocenters. The molecule has 1 aromatic heterocycles. The smallest absolute Gasteiger partial charge is 0.340 e. The highest BCUT2D eigenvalue weighted by Crippen LogP contribution is 2.41. The van der Waals surface area contributed by atoms with Crippen LogP contribution in [0.15, 0.2) is 93.9 Å². The molecule has 0 radical (unpaired) electrons. The minimum Gasteiger partial charge on any atom is -0.462 e. The topological polar surface area (TPSA) is 31.2 Å². The summed E-state index contributed by atoms with van der Waals surface area (Å²) in [5.41, 5.74) is 6.41. The van der Waals surface area contributed by atoms with Crippen LogP contribution in [0, 0.1) is 0 Å². The van der Waals surface area contributed by atoms with Crippen molar-refractivity contribution in [3.8, 4) is 22.4 Å². The Kier molecular flexibility index (Phi) is 7.86. The second-order valence-electron chi connectivity index (χ2n) is 7.79. The van der Waals surface area contributed by atoms with Crippen molar-refractivity contribution in [3.05, 3.63) is 111 Å². The highest BCUT2D eigenvalue weighted by molar-refractivity contribution is 9.10. The van der Waals surface area contributed by atoms with Crippen LogP contribution in [0.1, 0.15) is 35.5 Å². The number of carbonyl (C=O) groups excluding carboxylic acids is 1. The standard InChI is InChI=1S/C29H25Br2NO2/c1-3-8-25-27(29(33)34-4-2)26(21-11-15-23(30)16-12-21)28(22-13-17-24(31)18-14-22)32(25)19-20-9-6-5-7-10-20/h3,5-18H,4,19H2,1-2H3/b8-3+. The van der Waals surface area contributed by atoms with Gasteiger partial charge in [0.15, 0.2) is 0 Å². The van der Waals surface area contributed by atoms with E-state index in [1.54, 1.807) is 0 Å². The van der Waals surface area contributed by atoms with Crippen LogP contribution < -0.4 is 0 Å². The molecule has 172 valence electrons. The van der Waals surface area contributed by atoms with Crippen LogP contribution >= 0.6 is 31.9 Å². The Morgan fingerprint density at radius 1 is 0.882 bits per heavy atom. The number of nitrogens with zero attached hydrogens (tertiary/aromatic N) is 1. The van der Waals surface area contributed by atoms with E-state index in [0.29, 0.717) is 18.7 Å². The molecule has 1 heterocycles. The number of esters is 1. The summed E-state index contributed by atoms with van der Waals surface area (Å²) in [5.74, 6) is -0.321. The summed E-state index contributed by atoms with van der Waals surface area (Å²) in [5, 5.41) is 0. The third-order valence-corrected chi connectivity index (χ3v) is 6.60. The molecule has 34 heavy (non-hydrogen) atoms. The first kappa shape index (κ1) is 24.2. The first-order valence-corrected chi connectivity index (χ1v) is 12.7. The maximum Gasteiger partial charge on any atom is 0.340 e. The van der Waals surface area contributed by atoms with Gasteiger partial charge in [0.1, 0.15) is 0 Å². The third-order valence-electron chi connectivity index (χ3n) is 5.54. The largest absolute Gasteiger partial charge is 0.462 e. The molecule has 4 aromatic rings. The molecule has 5 heteroatoms. The Bertz CT molecular complexity index is 1310. The van der Waals surface area contributed by atoms with E-state index < -0.39 is 0 Å². The number of ether oxygens (including phenoxy) is 1. The molecule has 0 amide bonds. The monoisotopic (exact) mass is 577 g/mol. The minimum absolute atomic E-state index is 0.311. The van der Waals surface area contributed by atoms with E-state index in [-0.39, 0.29) is 5.97 Å². The Labute approximate surface area is 217 Å². The van der Waals surface area contributed by atoms with Crippen LogP contribution in [0.2, 0.25) is 0 Å². The third kappa shape index (κ3) is 5.11. The molecule has 0 bridgehead atoms. The van der Waals surface area contributed by atoms with Gasteiger partial charge in [-0.3, -0.25) is 0 Å². The lowest BCUT2D eigenvalue weighted by Crippen LogP contribution is -2.09. The van der Waals surface area contributed by atoms with Gasteiger partial charge in [-0.15, -0.1) is 0 Å². The van der Waals surface area contributed by atoms with Crippen molar-refractivity contribution in [2.75, 3.05) is 6.61 Å². The van der Waals surface area contributed by atoms with E-state index >= 15 is 0 Å². The Morgan fingerprint density at radius 3 is 2.03 bits per heavy atom. The van der Waals surface area contributed by atoms with Crippen molar-refractivity contribution in [1.82, 2.24) is 4.57 Å². The highest BCUT2D eigenvalue weighted by Gasteiger charge is 2.29. The summed E-state index contributed by atoms with van der Waals surface area (Å²) < 4.78 is 9.78. The number of hydrogen-bond donors (Lipinski definition) is 0. The molecule has 3 aromatic carbocycles. The molecule has 0 aliphatic heterocycles. The lowest BCUT2D eigenvalue weighted by atomic mass is 9.96. The van der Waals surface area contributed by atoms with E-state index in [9.17, 15) is 4.79 Å². The van der Waals surface area contributed by atoms with E-state index in [0.717, 1.165) is 42.6 Å². The SMILES string of the molecule is C/C=C/c1c(C(=O)OCC)c(-c2ccc(Br)cc2)c(-c2ccc(Br)cc2)n1Cc1ccccc1. The molecule has 0 aliphatic rings. The van der Waals surface area contributed by atoms with Gasteiger partial charge in [-0.25, -0.2) is 4.79 Å². The van der Waals surface area contributed by atoms with Crippen molar-refractivity contribution < 1.29 is 9.53 Å². The van der Waals surface area contributed by atoms with Gasteiger partial charge >= 0.3 is 5.97 Å². The molecule has 3 nitrogen and oxygen atoms in total. The number of aromatic nitrogens is 1. The molecular weight excluding hydrogens is 554 g/mol. The van der Waals surface area contributed by atoms with Gasteiger partial charge in [0, 0.05) is 21.1 Å². The first-order valence-electron chi connectivity index (χ1n) is 11.2. The fourth-order valence-electron chi connectivity index (χ4n) is 4.11. The summed E-state index contributed by atoms with van der Waals surface area (Å²) in [6, 6.07) is 26.6. The minimum atomic E-state index is -0.321. The summed E-state index contributed by atoms with van der Waals surface area (Å²) in [6.45, 7) is 4.73. The molecule has 0 N–H and O–H groups in total. The normalized spacial score (nSPS) is 11.2. The Hall–Kier alpha value is -2.89. The molecule has 0 saturated carbocycles. The fourth-order valence-corrected chi connectivity index (χ4v) is 4.64. The maximum atomic E-state index is 13.4. The fraction of sp³-hybridized carbons (Fsp3) is 0.138. The van der Waals surface area contributed by atoms with Gasteiger partial charge < -0.3 is 9.30 Å². The molecule has 4 rings (SSSR count). The van der Waals surface area contributed by atoms with Crippen LogP contribution in [0.4, 0.5) is 0 Å². The lowest BCUT2D eigenvalue weighted by molar-refractivity contribution is 0.0527. The van der Waals surface area contributed by atoms with Crippen molar-refractivity contribution in [2.45, 2.75) is 20.4 Å². The first-order chi connectivity index (χ1) is 16.5.